The first-order valence-electron chi connectivity index (χ1n) is 15.6. The Balaban J connectivity index is 1.45. The molecule has 3 heterocycles. The fraction of sp³-hybridized carbons (Fsp3) is 0. The first-order valence-corrected chi connectivity index (χ1v) is 15.6. The summed E-state index contributed by atoms with van der Waals surface area (Å²) in [6, 6.07) is 53.2. The molecule has 9 aromatic rings. The van der Waals surface area contributed by atoms with E-state index < -0.39 is 0 Å². The number of fused-ring (bicyclic) bond motifs is 7. The molecule has 48 heavy (non-hydrogen) atoms. The molecule has 0 N–H and O–H groups in total. The minimum Gasteiger partial charge on any atom is -0.308 e. The van der Waals surface area contributed by atoms with Crippen molar-refractivity contribution in [2.45, 2.75) is 0 Å². The van der Waals surface area contributed by atoms with E-state index in [9.17, 15) is 10.5 Å². The van der Waals surface area contributed by atoms with Crippen molar-refractivity contribution in [3.05, 3.63) is 157 Å². The Kier molecular flexibility index (Phi) is 6.15. The Morgan fingerprint density at radius 2 is 1.08 bits per heavy atom. The molecule has 0 aliphatic heterocycles. The largest absolute Gasteiger partial charge is 0.308 e. The molecular formula is C42H24N6. The number of hydrogen-bond acceptors (Lipinski definition) is 4. The van der Waals surface area contributed by atoms with Crippen molar-refractivity contribution in [1.29, 1.82) is 10.5 Å². The number of hydrogen-bond donors (Lipinski definition) is 0. The second kappa shape index (κ2) is 10.8. The molecule has 0 atom stereocenters. The Morgan fingerprint density at radius 1 is 0.479 bits per heavy atom. The number of nitriles is 2. The molecule has 0 aliphatic carbocycles. The van der Waals surface area contributed by atoms with Crippen LogP contribution in [-0.2, 0) is 0 Å². The van der Waals surface area contributed by atoms with E-state index in [1.54, 1.807) is 12.1 Å². The molecule has 0 saturated carbocycles. The Morgan fingerprint density at radius 3 is 1.73 bits per heavy atom. The van der Waals surface area contributed by atoms with Gasteiger partial charge in [-0.1, -0.05) is 103 Å². The van der Waals surface area contributed by atoms with Crippen molar-refractivity contribution in [2.75, 3.05) is 0 Å². The lowest BCUT2D eigenvalue weighted by Gasteiger charge is -2.13. The summed E-state index contributed by atoms with van der Waals surface area (Å²) < 4.78 is 4.31. The van der Waals surface area contributed by atoms with Gasteiger partial charge in [0.05, 0.1) is 56.3 Å². The minimum atomic E-state index is 0.434. The van der Waals surface area contributed by atoms with Crippen LogP contribution in [0.1, 0.15) is 11.1 Å². The fourth-order valence-electron chi connectivity index (χ4n) is 6.91. The van der Waals surface area contributed by atoms with Crippen LogP contribution in [0.2, 0.25) is 0 Å². The summed E-state index contributed by atoms with van der Waals surface area (Å²) in [5, 5.41) is 24.0. The van der Waals surface area contributed by atoms with Crippen LogP contribution in [-0.4, -0.2) is 19.1 Å². The van der Waals surface area contributed by atoms with E-state index in [0.717, 1.165) is 71.8 Å². The summed E-state index contributed by atoms with van der Waals surface area (Å²) in [7, 11) is 0. The minimum absolute atomic E-state index is 0.434. The summed E-state index contributed by atoms with van der Waals surface area (Å²) in [5.41, 5.74) is 9.16. The fourth-order valence-corrected chi connectivity index (χ4v) is 6.91. The number of nitrogens with zero attached hydrogens (tertiary/aromatic N) is 6. The monoisotopic (exact) mass is 612 g/mol. The second-order valence-electron chi connectivity index (χ2n) is 11.7. The van der Waals surface area contributed by atoms with Crippen LogP contribution in [0.15, 0.2) is 146 Å². The van der Waals surface area contributed by atoms with E-state index in [1.807, 2.05) is 60.7 Å². The molecular weight excluding hydrogens is 589 g/mol. The molecule has 3 aromatic heterocycles. The zero-order valence-corrected chi connectivity index (χ0v) is 25.5. The van der Waals surface area contributed by atoms with E-state index in [-0.39, 0.29) is 0 Å². The zero-order chi connectivity index (χ0) is 32.2. The van der Waals surface area contributed by atoms with Gasteiger partial charge in [0.1, 0.15) is 6.07 Å². The van der Waals surface area contributed by atoms with Gasteiger partial charge in [0.15, 0.2) is 0 Å². The van der Waals surface area contributed by atoms with Gasteiger partial charge in [0.25, 0.3) is 0 Å². The average Bonchev–Trinajstić information content (AvgIpc) is 3.68. The molecule has 0 fully saturated rings. The van der Waals surface area contributed by atoms with Crippen LogP contribution in [0.5, 0.6) is 0 Å². The highest BCUT2D eigenvalue weighted by Gasteiger charge is 2.23. The van der Waals surface area contributed by atoms with Gasteiger partial charge in [-0.25, -0.2) is 9.97 Å². The van der Waals surface area contributed by atoms with Crippen LogP contribution in [0, 0.1) is 22.7 Å². The highest BCUT2D eigenvalue weighted by Crippen LogP contribution is 2.42. The molecule has 6 heteroatoms. The smallest absolute Gasteiger partial charge is 0.235 e. The maximum Gasteiger partial charge on any atom is 0.235 e. The Bertz CT molecular complexity index is 2740. The van der Waals surface area contributed by atoms with Crippen molar-refractivity contribution in [3.8, 4) is 46.3 Å². The first kappa shape index (κ1) is 27.3. The van der Waals surface area contributed by atoms with Crippen molar-refractivity contribution in [1.82, 2.24) is 19.1 Å². The van der Waals surface area contributed by atoms with E-state index in [2.05, 4.69) is 94.1 Å². The molecule has 0 saturated heterocycles. The van der Waals surface area contributed by atoms with Gasteiger partial charge >= 0.3 is 0 Å². The maximum atomic E-state index is 10.2. The van der Waals surface area contributed by atoms with Crippen LogP contribution >= 0.6 is 0 Å². The van der Waals surface area contributed by atoms with Crippen molar-refractivity contribution >= 4 is 43.6 Å². The first-order chi connectivity index (χ1) is 23.7. The Labute approximate surface area is 275 Å². The van der Waals surface area contributed by atoms with Crippen LogP contribution < -0.4 is 0 Å². The van der Waals surface area contributed by atoms with Crippen LogP contribution in [0.25, 0.3) is 77.8 Å². The van der Waals surface area contributed by atoms with Gasteiger partial charge in [-0.05, 0) is 42.5 Å². The topological polar surface area (TPSA) is 83.2 Å². The summed E-state index contributed by atoms with van der Waals surface area (Å²) >= 11 is 0. The van der Waals surface area contributed by atoms with Crippen LogP contribution in [0.3, 0.4) is 0 Å². The average molecular weight is 613 g/mol. The number of benzene rings is 6. The molecule has 6 aromatic carbocycles. The molecule has 0 aliphatic rings. The second-order valence-corrected chi connectivity index (χ2v) is 11.7. The molecule has 0 radical (unpaired) electrons. The molecule has 0 spiro atoms. The zero-order valence-electron chi connectivity index (χ0n) is 25.5. The van der Waals surface area contributed by atoms with E-state index in [0.29, 0.717) is 17.1 Å². The molecule has 0 amide bonds. The molecule has 6 nitrogen and oxygen atoms in total. The van der Waals surface area contributed by atoms with Gasteiger partial charge in [-0.3, -0.25) is 4.57 Å². The number of rotatable bonds is 4. The molecule has 222 valence electrons. The number of para-hydroxylation sites is 2. The normalized spacial score (nSPS) is 11.3. The lowest BCUT2D eigenvalue weighted by Crippen LogP contribution is -2.04. The summed E-state index contributed by atoms with van der Waals surface area (Å²) in [5.74, 6) is 0.571. The third-order valence-electron chi connectivity index (χ3n) is 9.01. The van der Waals surface area contributed by atoms with Crippen molar-refractivity contribution in [2.24, 2.45) is 0 Å². The highest BCUT2D eigenvalue weighted by atomic mass is 15.2. The van der Waals surface area contributed by atoms with Gasteiger partial charge in [-0.15, -0.1) is 0 Å². The standard InChI is InChI=1S/C42H24N6/c43-25-27-19-21-36(30(23-27)26-44)47-38-18-10-8-16-33(38)40-39(47)22-20-32-31-15-7-9-17-37(31)48(41(32)40)42-45-34(28-11-3-1-4-12-28)24-35(46-42)29-13-5-2-6-14-29/h1-24H. The van der Waals surface area contributed by atoms with Gasteiger partial charge in [-0.2, -0.15) is 10.5 Å². The molecule has 0 unspecified atom stereocenters. The van der Waals surface area contributed by atoms with Crippen molar-refractivity contribution < 1.29 is 0 Å². The van der Waals surface area contributed by atoms with E-state index >= 15 is 0 Å². The van der Waals surface area contributed by atoms with Crippen LogP contribution in [0.4, 0.5) is 0 Å². The molecule has 0 bridgehead atoms. The maximum absolute atomic E-state index is 10.2. The quantitative estimate of drug-likeness (QED) is 0.198. The van der Waals surface area contributed by atoms with Gasteiger partial charge in [0, 0.05) is 32.7 Å². The Hall–Kier alpha value is -7.02. The summed E-state index contributed by atoms with van der Waals surface area (Å²) in [6.07, 6.45) is 0. The summed E-state index contributed by atoms with van der Waals surface area (Å²) in [6.45, 7) is 0. The predicted octanol–water partition coefficient (Wildman–Crippen LogP) is 9.75. The SMILES string of the molecule is N#Cc1ccc(-n2c3ccccc3c3c2ccc2c4ccccc4n(-c4nc(-c5ccccc5)cc(-c5ccccc5)n4)c23)c(C#N)c1. The number of aromatic nitrogens is 4. The van der Waals surface area contributed by atoms with Gasteiger partial charge < -0.3 is 4.57 Å². The third kappa shape index (κ3) is 4.11. The summed E-state index contributed by atoms with van der Waals surface area (Å²) in [4.78, 5) is 10.5. The van der Waals surface area contributed by atoms with E-state index in [4.69, 9.17) is 9.97 Å². The van der Waals surface area contributed by atoms with Crippen molar-refractivity contribution in [3.63, 3.8) is 0 Å². The highest BCUT2D eigenvalue weighted by molar-refractivity contribution is 6.26. The lowest BCUT2D eigenvalue weighted by molar-refractivity contribution is 0.998. The van der Waals surface area contributed by atoms with E-state index in [1.165, 1.54) is 0 Å². The van der Waals surface area contributed by atoms with Gasteiger partial charge in [0.2, 0.25) is 5.95 Å². The molecule has 9 rings (SSSR count). The predicted molar refractivity (Wildman–Crippen MR) is 191 cm³/mol. The lowest BCUT2D eigenvalue weighted by atomic mass is 10.1. The third-order valence-corrected chi connectivity index (χ3v) is 9.01.